The summed E-state index contributed by atoms with van der Waals surface area (Å²) in [4.78, 5) is 17.0. The van der Waals surface area contributed by atoms with E-state index in [1.807, 2.05) is 17.0 Å². The number of carbonyl (C=O) groups excluding carboxylic acids is 1. The molecule has 0 bridgehead atoms. The highest BCUT2D eigenvalue weighted by atomic mass is 16.2. The second-order valence-electron chi connectivity index (χ2n) is 6.12. The fraction of sp³-hybridized carbons (Fsp3) is 0.611. The Hall–Kier alpha value is -1.39. The van der Waals surface area contributed by atoms with Crippen LogP contribution in [0.5, 0.6) is 0 Å². The van der Waals surface area contributed by atoms with Crippen molar-refractivity contribution in [3.05, 3.63) is 35.4 Å². The summed E-state index contributed by atoms with van der Waals surface area (Å²) in [5, 5.41) is 3.32. The van der Waals surface area contributed by atoms with Gasteiger partial charge >= 0.3 is 0 Å². The average molecular weight is 303 g/mol. The van der Waals surface area contributed by atoms with Gasteiger partial charge in [-0.05, 0) is 44.1 Å². The normalized spacial score (nSPS) is 18.7. The van der Waals surface area contributed by atoms with Crippen LogP contribution in [0.4, 0.5) is 0 Å². The number of hydrogen-bond donors (Lipinski definition) is 1. The highest BCUT2D eigenvalue weighted by molar-refractivity contribution is 5.94. The van der Waals surface area contributed by atoms with Gasteiger partial charge in [0.25, 0.3) is 5.91 Å². The molecule has 0 aliphatic carbocycles. The van der Waals surface area contributed by atoms with Crippen molar-refractivity contribution in [1.29, 1.82) is 0 Å². The minimum Gasteiger partial charge on any atom is -0.333 e. The fourth-order valence-corrected chi connectivity index (χ4v) is 2.98. The van der Waals surface area contributed by atoms with Gasteiger partial charge in [-0.15, -0.1) is 0 Å². The Balaban J connectivity index is 2.00. The topological polar surface area (TPSA) is 35.6 Å². The smallest absolute Gasteiger partial charge is 0.254 e. The van der Waals surface area contributed by atoms with Gasteiger partial charge < -0.3 is 10.2 Å². The molecule has 1 N–H and O–H groups in total. The van der Waals surface area contributed by atoms with Crippen molar-refractivity contribution in [1.82, 2.24) is 15.1 Å². The summed E-state index contributed by atoms with van der Waals surface area (Å²) in [7, 11) is 0. The number of benzene rings is 1. The van der Waals surface area contributed by atoms with Crippen LogP contribution in [0.1, 0.15) is 43.1 Å². The number of nitrogens with one attached hydrogen (secondary N) is 1. The highest BCUT2D eigenvalue weighted by Crippen LogP contribution is 2.13. The molecule has 122 valence electrons. The maximum Gasteiger partial charge on any atom is 0.254 e. The molecule has 1 atom stereocenters. The molecule has 0 unspecified atom stereocenters. The van der Waals surface area contributed by atoms with Crippen LogP contribution in [-0.4, -0.2) is 54.5 Å². The largest absolute Gasteiger partial charge is 0.333 e. The Kier molecular flexibility index (Phi) is 6.40. The first-order valence-electron chi connectivity index (χ1n) is 8.48. The van der Waals surface area contributed by atoms with Gasteiger partial charge in [0.15, 0.2) is 0 Å². The van der Waals surface area contributed by atoms with Crippen LogP contribution in [-0.2, 0) is 6.54 Å². The second-order valence-corrected chi connectivity index (χ2v) is 6.12. The van der Waals surface area contributed by atoms with Crippen molar-refractivity contribution >= 4 is 5.91 Å². The Bertz CT molecular complexity index is 472. The molecule has 4 heteroatoms. The molecule has 1 aromatic rings. The van der Waals surface area contributed by atoms with Crippen LogP contribution >= 0.6 is 0 Å². The summed E-state index contributed by atoms with van der Waals surface area (Å²) in [5.41, 5.74) is 2.08. The van der Waals surface area contributed by atoms with Crippen LogP contribution < -0.4 is 5.32 Å². The Morgan fingerprint density at radius 3 is 2.64 bits per heavy atom. The van der Waals surface area contributed by atoms with E-state index in [9.17, 15) is 4.79 Å². The van der Waals surface area contributed by atoms with E-state index in [-0.39, 0.29) is 11.9 Å². The monoisotopic (exact) mass is 303 g/mol. The zero-order chi connectivity index (χ0) is 15.9. The predicted molar refractivity (Wildman–Crippen MR) is 91.1 cm³/mol. The van der Waals surface area contributed by atoms with Crippen LogP contribution in [0.25, 0.3) is 0 Å². The molecule has 1 aliphatic rings. The second kappa shape index (κ2) is 8.30. The minimum atomic E-state index is 0.154. The number of hydrogen-bond acceptors (Lipinski definition) is 3. The Morgan fingerprint density at radius 2 is 2.05 bits per heavy atom. The zero-order valence-corrected chi connectivity index (χ0v) is 14.1. The van der Waals surface area contributed by atoms with Crippen molar-refractivity contribution in [2.75, 3.05) is 32.7 Å². The van der Waals surface area contributed by atoms with Gasteiger partial charge in [-0.1, -0.05) is 26.0 Å². The maximum absolute atomic E-state index is 12.6. The molecule has 1 fully saturated rings. The van der Waals surface area contributed by atoms with Gasteiger partial charge in [0.1, 0.15) is 0 Å². The number of rotatable bonds is 6. The third-order valence-corrected chi connectivity index (χ3v) is 4.36. The Morgan fingerprint density at radius 1 is 1.32 bits per heavy atom. The Labute approximate surface area is 134 Å². The molecule has 1 aliphatic heterocycles. The molecule has 4 nitrogen and oxygen atoms in total. The zero-order valence-electron chi connectivity index (χ0n) is 14.1. The van der Waals surface area contributed by atoms with E-state index in [2.05, 4.69) is 43.1 Å². The van der Waals surface area contributed by atoms with Gasteiger partial charge in [0, 0.05) is 37.8 Å². The third kappa shape index (κ3) is 4.31. The van der Waals surface area contributed by atoms with E-state index in [0.29, 0.717) is 0 Å². The highest BCUT2D eigenvalue weighted by Gasteiger charge is 2.23. The number of amides is 1. The summed E-state index contributed by atoms with van der Waals surface area (Å²) in [6.07, 6.45) is 1.17. The lowest BCUT2D eigenvalue weighted by Gasteiger charge is -2.34. The lowest BCUT2D eigenvalue weighted by atomic mass is 10.1. The molecular formula is C18H29N3O. The van der Waals surface area contributed by atoms with Crippen LogP contribution in [0.3, 0.4) is 0 Å². The van der Waals surface area contributed by atoms with Crippen LogP contribution in [0.2, 0.25) is 0 Å². The third-order valence-electron chi connectivity index (χ3n) is 4.36. The lowest BCUT2D eigenvalue weighted by Crippen LogP contribution is -2.52. The SMILES string of the molecule is CCCN(CC)Cc1ccc(C(=O)N2CCNC[C@@H]2C)cc1. The molecule has 1 heterocycles. The molecule has 1 saturated heterocycles. The van der Waals surface area contributed by atoms with Crippen LogP contribution in [0.15, 0.2) is 24.3 Å². The quantitative estimate of drug-likeness (QED) is 0.876. The summed E-state index contributed by atoms with van der Waals surface area (Å²) in [6.45, 7) is 12.2. The average Bonchev–Trinajstić information content (AvgIpc) is 2.55. The molecule has 0 spiro atoms. The van der Waals surface area contributed by atoms with Crippen molar-refractivity contribution < 1.29 is 4.79 Å². The summed E-state index contributed by atoms with van der Waals surface area (Å²) in [6, 6.07) is 8.41. The predicted octanol–water partition coefficient (Wildman–Crippen LogP) is 2.35. The standard InChI is InChI=1S/C18H29N3O/c1-4-11-20(5-2)14-16-6-8-17(9-7-16)18(22)21-12-10-19-13-15(21)3/h6-9,15,19H,4-5,10-14H2,1-3H3/t15-/m0/s1. The number of nitrogens with zero attached hydrogens (tertiary/aromatic N) is 2. The molecule has 0 aromatic heterocycles. The van der Waals surface area contributed by atoms with Gasteiger partial charge in [-0.2, -0.15) is 0 Å². The van der Waals surface area contributed by atoms with Crippen molar-refractivity contribution in [3.63, 3.8) is 0 Å². The van der Waals surface area contributed by atoms with Crippen molar-refractivity contribution in [2.24, 2.45) is 0 Å². The molecule has 2 rings (SSSR count). The van der Waals surface area contributed by atoms with Crippen molar-refractivity contribution in [2.45, 2.75) is 39.8 Å². The maximum atomic E-state index is 12.6. The van der Waals surface area contributed by atoms with E-state index in [4.69, 9.17) is 0 Å². The van der Waals surface area contributed by atoms with Gasteiger partial charge in [-0.25, -0.2) is 0 Å². The molecule has 0 saturated carbocycles. The fourth-order valence-electron chi connectivity index (χ4n) is 2.98. The van der Waals surface area contributed by atoms with E-state index >= 15 is 0 Å². The molecule has 0 radical (unpaired) electrons. The van der Waals surface area contributed by atoms with Crippen molar-refractivity contribution in [3.8, 4) is 0 Å². The van der Waals surface area contributed by atoms with E-state index in [1.165, 1.54) is 12.0 Å². The molecular weight excluding hydrogens is 274 g/mol. The first-order valence-corrected chi connectivity index (χ1v) is 8.48. The van der Waals surface area contributed by atoms with Gasteiger partial charge in [0.2, 0.25) is 0 Å². The lowest BCUT2D eigenvalue weighted by molar-refractivity contribution is 0.0655. The molecule has 1 aromatic carbocycles. The van der Waals surface area contributed by atoms with E-state index < -0.39 is 0 Å². The van der Waals surface area contributed by atoms with E-state index in [0.717, 1.165) is 44.8 Å². The molecule has 22 heavy (non-hydrogen) atoms. The molecule has 1 amide bonds. The number of piperazine rings is 1. The van der Waals surface area contributed by atoms with Gasteiger partial charge in [0.05, 0.1) is 0 Å². The first-order chi connectivity index (χ1) is 10.7. The number of carbonyl (C=O) groups is 1. The first kappa shape index (κ1) is 17.0. The van der Waals surface area contributed by atoms with Crippen LogP contribution in [0, 0.1) is 0 Å². The summed E-state index contributed by atoms with van der Waals surface area (Å²) < 4.78 is 0. The summed E-state index contributed by atoms with van der Waals surface area (Å²) in [5.74, 6) is 0.154. The summed E-state index contributed by atoms with van der Waals surface area (Å²) >= 11 is 0. The minimum absolute atomic E-state index is 0.154. The van der Waals surface area contributed by atoms with E-state index in [1.54, 1.807) is 0 Å². The van der Waals surface area contributed by atoms with Gasteiger partial charge in [-0.3, -0.25) is 9.69 Å².